The van der Waals surface area contributed by atoms with Crippen molar-refractivity contribution in [1.29, 1.82) is 0 Å². The summed E-state index contributed by atoms with van der Waals surface area (Å²) in [5, 5.41) is 0. The van der Waals surface area contributed by atoms with Crippen molar-refractivity contribution in [3.8, 4) is 0 Å². The average Bonchev–Trinajstić information content (AvgIpc) is 3.16. The molecule has 0 N–H and O–H groups in total. The minimum absolute atomic E-state index is 0. The molecule has 4 saturated carbocycles. The molecule has 1 heterocycles. The molecule has 0 unspecified atom stereocenters. The zero-order valence-electron chi connectivity index (χ0n) is 31.1. The van der Waals surface area contributed by atoms with Crippen LogP contribution in [0.15, 0.2) is 64.6 Å². The van der Waals surface area contributed by atoms with Crippen LogP contribution >= 0.6 is 0 Å². The summed E-state index contributed by atoms with van der Waals surface area (Å²) in [6.07, 6.45) is 26.6. The van der Waals surface area contributed by atoms with Crippen LogP contribution in [0.25, 0.3) is 0 Å². The standard InChI is InChI=1S/C45H59N3.2ClH.Fe/c1-32(46-44-38(34-18-7-3-8-19-34)26-15-27-39(44)35-20-9-4-10-21-35)42-30-17-31-43(48-42)33(2)47-45-40(36-22-11-5-12-23-36)28-16-29-41(45)37-24-13-6-14-25-37;;;/h15-17,26-31,34-37H,3-14,18-25H2,1-2H3;2*1H;/q;;;+2/p-2. The molecular formula is C45H59Cl2FeN3. The monoisotopic (exact) mass is 767 g/mol. The SMILES string of the molecule is CC(=Nc1c(C2CCCCC2)cccc1C1CCCCC1)c1cccc(C(C)=Nc2c(C3CCCCC3)cccc2C2CCCCC2)n1.[Cl-].[Cl-].[Fe+2]. The van der Waals surface area contributed by atoms with Crippen LogP contribution in [0, 0.1) is 0 Å². The summed E-state index contributed by atoms with van der Waals surface area (Å²) >= 11 is 0. The van der Waals surface area contributed by atoms with Crippen LogP contribution < -0.4 is 24.8 Å². The van der Waals surface area contributed by atoms with E-state index in [1.807, 2.05) is 0 Å². The first kappa shape index (κ1) is 41.8. The molecule has 0 bridgehead atoms. The summed E-state index contributed by atoms with van der Waals surface area (Å²) in [4.78, 5) is 16.3. The van der Waals surface area contributed by atoms with Crippen LogP contribution in [-0.4, -0.2) is 16.4 Å². The van der Waals surface area contributed by atoms with Crippen LogP contribution in [0.1, 0.15) is 200 Å². The normalized spacial score (nSPS) is 20.2. The maximum Gasteiger partial charge on any atom is 2.00 e. The zero-order chi connectivity index (χ0) is 32.7. The first-order valence-corrected chi connectivity index (χ1v) is 20.0. The van der Waals surface area contributed by atoms with Gasteiger partial charge in [0.2, 0.25) is 0 Å². The third kappa shape index (κ3) is 10.2. The number of aromatic nitrogens is 1. The Morgan fingerprint density at radius 1 is 0.431 bits per heavy atom. The van der Waals surface area contributed by atoms with Crippen LogP contribution in [0.2, 0.25) is 0 Å². The predicted molar refractivity (Wildman–Crippen MR) is 204 cm³/mol. The molecule has 7 rings (SSSR count). The Bertz CT molecular complexity index is 1410. The maximum absolute atomic E-state index is 5.53. The smallest absolute Gasteiger partial charge is 1.00 e. The molecule has 1 aromatic heterocycles. The fourth-order valence-corrected chi connectivity index (χ4v) is 9.68. The van der Waals surface area contributed by atoms with Crippen LogP contribution in [0.3, 0.4) is 0 Å². The van der Waals surface area contributed by atoms with E-state index in [2.05, 4.69) is 68.4 Å². The third-order valence-corrected chi connectivity index (χ3v) is 12.4. The number of aliphatic imine (C=N–C) groups is 2. The van der Waals surface area contributed by atoms with Gasteiger partial charge in [-0.2, -0.15) is 0 Å². The zero-order valence-corrected chi connectivity index (χ0v) is 33.7. The number of hydrogen-bond acceptors (Lipinski definition) is 3. The quantitative estimate of drug-likeness (QED) is 0.172. The van der Waals surface area contributed by atoms with Crippen molar-refractivity contribution < 1.29 is 41.9 Å². The van der Waals surface area contributed by atoms with Gasteiger partial charge in [-0.3, -0.25) is 9.98 Å². The van der Waals surface area contributed by atoms with Crippen LogP contribution in [-0.2, 0) is 17.1 Å². The predicted octanol–water partition coefficient (Wildman–Crippen LogP) is 7.56. The van der Waals surface area contributed by atoms with Crippen molar-refractivity contribution in [3.63, 3.8) is 0 Å². The van der Waals surface area contributed by atoms with E-state index >= 15 is 0 Å². The Balaban J connectivity index is 0.00000194. The van der Waals surface area contributed by atoms with Gasteiger partial charge >= 0.3 is 17.1 Å². The molecule has 3 nitrogen and oxygen atoms in total. The molecule has 0 aliphatic heterocycles. The fraction of sp³-hybridized carbons (Fsp3) is 0.578. The number of rotatable bonds is 8. The van der Waals surface area contributed by atoms with Gasteiger partial charge < -0.3 is 24.8 Å². The van der Waals surface area contributed by atoms with Crippen molar-refractivity contribution in [2.24, 2.45) is 9.98 Å². The summed E-state index contributed by atoms with van der Waals surface area (Å²) in [6, 6.07) is 20.7. The van der Waals surface area contributed by atoms with E-state index in [1.54, 1.807) is 0 Å². The van der Waals surface area contributed by atoms with E-state index in [0.29, 0.717) is 23.7 Å². The Morgan fingerprint density at radius 2 is 0.686 bits per heavy atom. The molecular weight excluding hydrogens is 709 g/mol. The van der Waals surface area contributed by atoms with Crippen molar-refractivity contribution >= 4 is 22.8 Å². The topological polar surface area (TPSA) is 37.6 Å². The van der Waals surface area contributed by atoms with E-state index in [1.165, 1.54) is 162 Å². The Kier molecular flexibility index (Phi) is 16.8. The molecule has 0 radical (unpaired) electrons. The van der Waals surface area contributed by atoms with Gasteiger partial charge in [0.05, 0.1) is 34.2 Å². The number of pyridine rings is 1. The summed E-state index contributed by atoms with van der Waals surface area (Å²) < 4.78 is 0. The van der Waals surface area contributed by atoms with Gasteiger partial charge in [0, 0.05) is 0 Å². The van der Waals surface area contributed by atoms with Crippen molar-refractivity contribution in [2.45, 2.75) is 166 Å². The Labute approximate surface area is 332 Å². The molecule has 0 saturated heterocycles. The average molecular weight is 769 g/mol. The summed E-state index contributed by atoms with van der Waals surface area (Å²) in [7, 11) is 0. The van der Waals surface area contributed by atoms with E-state index in [4.69, 9.17) is 15.0 Å². The van der Waals surface area contributed by atoms with Crippen LogP contribution in [0.4, 0.5) is 11.4 Å². The van der Waals surface area contributed by atoms with E-state index in [-0.39, 0.29) is 41.9 Å². The molecule has 276 valence electrons. The van der Waals surface area contributed by atoms with Gasteiger partial charge in [-0.1, -0.05) is 120 Å². The number of halogens is 2. The minimum atomic E-state index is 0. The van der Waals surface area contributed by atoms with Gasteiger partial charge in [0.1, 0.15) is 0 Å². The first-order chi connectivity index (χ1) is 23.7. The molecule has 51 heavy (non-hydrogen) atoms. The van der Waals surface area contributed by atoms with Crippen molar-refractivity contribution in [2.75, 3.05) is 0 Å². The van der Waals surface area contributed by atoms with Gasteiger partial charge in [0.25, 0.3) is 0 Å². The molecule has 0 atom stereocenters. The molecule has 0 spiro atoms. The minimum Gasteiger partial charge on any atom is -1.00 e. The van der Waals surface area contributed by atoms with E-state index < -0.39 is 0 Å². The molecule has 4 fully saturated rings. The first-order valence-electron chi connectivity index (χ1n) is 20.0. The number of hydrogen-bond donors (Lipinski definition) is 0. The number of benzene rings is 2. The van der Waals surface area contributed by atoms with E-state index in [0.717, 1.165) is 22.8 Å². The van der Waals surface area contributed by atoms with Crippen molar-refractivity contribution in [1.82, 2.24) is 4.98 Å². The second-order valence-electron chi connectivity index (χ2n) is 15.7. The molecule has 4 aliphatic carbocycles. The van der Waals surface area contributed by atoms with Gasteiger partial charge in [0.15, 0.2) is 0 Å². The fourth-order valence-electron chi connectivity index (χ4n) is 9.68. The largest absolute Gasteiger partial charge is 2.00 e. The third-order valence-electron chi connectivity index (χ3n) is 12.4. The van der Waals surface area contributed by atoms with Crippen molar-refractivity contribution in [3.05, 3.63) is 88.2 Å². The summed E-state index contributed by atoms with van der Waals surface area (Å²) in [5.74, 6) is 2.52. The molecule has 2 aromatic carbocycles. The second kappa shape index (κ2) is 20.5. The van der Waals surface area contributed by atoms with E-state index in [9.17, 15) is 0 Å². The molecule has 0 amide bonds. The Hall–Kier alpha value is -1.97. The Morgan fingerprint density at radius 3 is 0.961 bits per heavy atom. The number of nitrogens with zero attached hydrogens (tertiary/aromatic N) is 3. The molecule has 4 aliphatic rings. The van der Waals surface area contributed by atoms with Gasteiger partial charge in [-0.05, 0) is 123 Å². The maximum atomic E-state index is 5.53. The molecule has 6 heteroatoms. The summed E-state index contributed by atoms with van der Waals surface area (Å²) in [6.45, 7) is 4.36. The molecule has 3 aromatic rings. The van der Waals surface area contributed by atoms with Crippen LogP contribution in [0.5, 0.6) is 0 Å². The second-order valence-corrected chi connectivity index (χ2v) is 15.7. The van der Waals surface area contributed by atoms with Gasteiger partial charge in [-0.25, -0.2) is 4.98 Å². The number of para-hydroxylation sites is 2. The van der Waals surface area contributed by atoms with Gasteiger partial charge in [-0.15, -0.1) is 0 Å². The summed E-state index contributed by atoms with van der Waals surface area (Å²) in [5.41, 5.74) is 12.5.